The lowest BCUT2D eigenvalue weighted by atomic mass is 9.85. The molecule has 1 aromatic heterocycles. The van der Waals surface area contributed by atoms with Crippen molar-refractivity contribution in [3.63, 3.8) is 0 Å². The van der Waals surface area contributed by atoms with E-state index in [-0.39, 0.29) is 41.7 Å². The molecule has 2 aliphatic heterocycles. The van der Waals surface area contributed by atoms with Crippen LogP contribution in [0.1, 0.15) is 42.5 Å². The van der Waals surface area contributed by atoms with Gasteiger partial charge in [0, 0.05) is 5.02 Å². The van der Waals surface area contributed by atoms with Gasteiger partial charge in [-0.15, -0.1) is 5.10 Å². The number of amides is 2. The molecule has 35 heavy (non-hydrogen) atoms. The molecule has 8 nitrogen and oxygen atoms in total. The van der Waals surface area contributed by atoms with Crippen LogP contribution in [0.25, 0.3) is 0 Å². The standard InChI is InChI=1S/C26H24ClN5O3/c1-35-18-12-8-16(9-13-18)22-14-21(15-6-10-17(27)11-7-15)28-25-29-26(30-32(22)25)31-23(33)19-4-2-3-5-20(19)24(31)34/h2-3,6-13,19-22H,4-5,14H2,1H3,(H,28,29,30)/t19-,20+,21-,22-/m1/s1. The molecule has 1 fully saturated rings. The average Bonchev–Trinajstić information content (AvgIpc) is 3.42. The minimum atomic E-state index is -0.333. The Labute approximate surface area is 207 Å². The molecule has 0 unspecified atom stereocenters. The zero-order chi connectivity index (χ0) is 24.1. The molecule has 1 saturated heterocycles. The minimum Gasteiger partial charge on any atom is -0.497 e. The number of nitrogens with one attached hydrogen (secondary N) is 1. The van der Waals surface area contributed by atoms with E-state index in [9.17, 15) is 9.59 Å². The first-order valence-electron chi connectivity index (χ1n) is 11.7. The van der Waals surface area contributed by atoms with Gasteiger partial charge in [0.15, 0.2) is 0 Å². The lowest BCUT2D eigenvalue weighted by molar-refractivity contribution is -0.122. The summed E-state index contributed by atoms with van der Waals surface area (Å²) in [7, 11) is 1.63. The highest BCUT2D eigenvalue weighted by atomic mass is 35.5. The van der Waals surface area contributed by atoms with Gasteiger partial charge in [-0.2, -0.15) is 4.98 Å². The Balaban J connectivity index is 1.39. The van der Waals surface area contributed by atoms with Gasteiger partial charge < -0.3 is 10.1 Å². The van der Waals surface area contributed by atoms with Gasteiger partial charge in [0.05, 0.1) is 31.0 Å². The summed E-state index contributed by atoms with van der Waals surface area (Å²) < 4.78 is 7.10. The molecule has 3 aromatic rings. The van der Waals surface area contributed by atoms with E-state index < -0.39 is 0 Å². The first kappa shape index (κ1) is 21.9. The van der Waals surface area contributed by atoms with Crippen LogP contribution < -0.4 is 15.0 Å². The fourth-order valence-electron chi connectivity index (χ4n) is 5.28. The van der Waals surface area contributed by atoms with E-state index in [1.165, 1.54) is 4.90 Å². The van der Waals surface area contributed by atoms with Gasteiger partial charge in [-0.3, -0.25) is 9.59 Å². The Morgan fingerprint density at radius 2 is 1.57 bits per heavy atom. The smallest absolute Gasteiger partial charge is 0.260 e. The van der Waals surface area contributed by atoms with Gasteiger partial charge in [0.1, 0.15) is 5.75 Å². The summed E-state index contributed by atoms with van der Waals surface area (Å²) in [5, 5.41) is 8.81. The van der Waals surface area contributed by atoms with Crippen molar-refractivity contribution >= 4 is 35.3 Å². The monoisotopic (exact) mass is 489 g/mol. The summed E-state index contributed by atoms with van der Waals surface area (Å²) >= 11 is 6.11. The highest BCUT2D eigenvalue weighted by Gasteiger charge is 2.50. The third-order valence-electron chi connectivity index (χ3n) is 7.16. The summed E-state index contributed by atoms with van der Waals surface area (Å²) in [6, 6.07) is 15.3. The minimum absolute atomic E-state index is 0.0549. The third-order valence-corrected chi connectivity index (χ3v) is 7.41. The van der Waals surface area contributed by atoms with Crippen LogP contribution in [0.15, 0.2) is 60.7 Å². The van der Waals surface area contributed by atoms with E-state index in [4.69, 9.17) is 16.3 Å². The Kier molecular flexibility index (Phi) is 5.33. The number of ether oxygens (including phenoxy) is 1. The number of rotatable bonds is 4. The lowest BCUT2D eigenvalue weighted by Gasteiger charge is -2.31. The van der Waals surface area contributed by atoms with Crippen LogP contribution in [0.2, 0.25) is 5.02 Å². The molecule has 4 atom stereocenters. The van der Waals surface area contributed by atoms with Gasteiger partial charge in [0.2, 0.25) is 17.8 Å². The molecule has 2 aromatic carbocycles. The number of hydrogen-bond donors (Lipinski definition) is 1. The maximum Gasteiger partial charge on any atom is 0.260 e. The van der Waals surface area contributed by atoms with Crippen molar-refractivity contribution in [2.75, 3.05) is 17.3 Å². The van der Waals surface area contributed by atoms with E-state index in [0.717, 1.165) is 16.9 Å². The number of aromatic nitrogens is 3. The second-order valence-electron chi connectivity index (χ2n) is 9.12. The number of carbonyl (C=O) groups excluding carboxylic acids is 2. The van der Waals surface area contributed by atoms with Crippen LogP contribution in [0.4, 0.5) is 11.9 Å². The third kappa shape index (κ3) is 3.69. The Hall–Kier alpha value is -3.65. The highest BCUT2D eigenvalue weighted by Crippen LogP contribution is 2.41. The molecule has 0 bridgehead atoms. The van der Waals surface area contributed by atoms with Crippen LogP contribution in [-0.4, -0.2) is 33.7 Å². The number of benzene rings is 2. The van der Waals surface area contributed by atoms with Crippen LogP contribution in [0.5, 0.6) is 5.75 Å². The predicted molar refractivity (Wildman–Crippen MR) is 131 cm³/mol. The molecule has 2 amide bonds. The molecule has 1 aliphatic carbocycles. The van der Waals surface area contributed by atoms with Gasteiger partial charge >= 0.3 is 0 Å². The maximum atomic E-state index is 13.1. The molecule has 3 heterocycles. The van der Waals surface area contributed by atoms with Crippen molar-refractivity contribution in [1.82, 2.24) is 14.8 Å². The van der Waals surface area contributed by atoms with Crippen LogP contribution in [-0.2, 0) is 9.59 Å². The molecule has 6 rings (SSSR count). The van der Waals surface area contributed by atoms with E-state index in [2.05, 4.69) is 15.4 Å². The molecule has 0 radical (unpaired) electrons. The molecule has 0 saturated carbocycles. The lowest BCUT2D eigenvalue weighted by Crippen LogP contribution is -2.32. The largest absolute Gasteiger partial charge is 0.497 e. The predicted octanol–water partition coefficient (Wildman–Crippen LogP) is 4.54. The maximum absolute atomic E-state index is 13.1. The molecule has 9 heteroatoms. The van der Waals surface area contributed by atoms with Crippen molar-refractivity contribution in [2.45, 2.75) is 31.3 Å². The number of allylic oxidation sites excluding steroid dienone is 2. The first-order chi connectivity index (χ1) is 17.0. The van der Waals surface area contributed by atoms with Crippen molar-refractivity contribution in [1.29, 1.82) is 0 Å². The summed E-state index contributed by atoms with van der Waals surface area (Å²) in [4.78, 5) is 32.1. The number of anilines is 2. The summed E-state index contributed by atoms with van der Waals surface area (Å²) in [6.45, 7) is 0. The van der Waals surface area contributed by atoms with Gasteiger partial charge in [-0.05, 0) is 54.7 Å². The molecule has 178 valence electrons. The van der Waals surface area contributed by atoms with Crippen molar-refractivity contribution in [3.05, 3.63) is 76.8 Å². The number of hydrogen-bond acceptors (Lipinski definition) is 6. The zero-order valence-corrected chi connectivity index (χ0v) is 19.9. The van der Waals surface area contributed by atoms with Crippen molar-refractivity contribution < 1.29 is 14.3 Å². The van der Waals surface area contributed by atoms with Crippen molar-refractivity contribution in [3.8, 4) is 5.75 Å². The number of halogens is 1. The number of methoxy groups -OCH3 is 1. The van der Waals surface area contributed by atoms with E-state index in [1.807, 2.05) is 60.7 Å². The van der Waals surface area contributed by atoms with Gasteiger partial charge in [0.25, 0.3) is 5.95 Å². The number of imide groups is 1. The molecule has 3 aliphatic rings. The van der Waals surface area contributed by atoms with Gasteiger partial charge in [-0.1, -0.05) is 48.0 Å². The van der Waals surface area contributed by atoms with Crippen LogP contribution in [0, 0.1) is 11.8 Å². The fourth-order valence-corrected chi connectivity index (χ4v) is 5.40. The Bertz CT molecular complexity index is 1290. The normalized spacial score (nSPS) is 25.3. The van der Waals surface area contributed by atoms with E-state index in [1.54, 1.807) is 11.8 Å². The second-order valence-corrected chi connectivity index (χ2v) is 9.56. The Morgan fingerprint density at radius 3 is 2.20 bits per heavy atom. The van der Waals surface area contributed by atoms with Gasteiger partial charge in [-0.25, -0.2) is 9.58 Å². The summed E-state index contributed by atoms with van der Waals surface area (Å²) in [5.41, 5.74) is 2.09. The molecule has 1 N–H and O–H groups in total. The number of fused-ring (bicyclic) bond motifs is 2. The van der Waals surface area contributed by atoms with Crippen LogP contribution in [0.3, 0.4) is 0 Å². The summed E-state index contributed by atoms with van der Waals surface area (Å²) in [6.07, 6.45) is 5.79. The van der Waals surface area contributed by atoms with E-state index in [0.29, 0.717) is 30.2 Å². The zero-order valence-electron chi connectivity index (χ0n) is 19.1. The fraction of sp³-hybridized carbons (Fsp3) is 0.308. The summed E-state index contributed by atoms with van der Waals surface area (Å²) in [5.74, 6) is 0.305. The molecular weight excluding hydrogens is 466 g/mol. The number of nitrogens with zero attached hydrogens (tertiary/aromatic N) is 4. The molecule has 0 spiro atoms. The second kappa shape index (κ2) is 8.53. The quantitative estimate of drug-likeness (QED) is 0.427. The Morgan fingerprint density at radius 1 is 0.943 bits per heavy atom. The topological polar surface area (TPSA) is 89.3 Å². The van der Waals surface area contributed by atoms with Crippen LogP contribution >= 0.6 is 11.6 Å². The highest BCUT2D eigenvalue weighted by molar-refractivity contribution is 6.30. The van der Waals surface area contributed by atoms with Crippen molar-refractivity contribution in [2.24, 2.45) is 11.8 Å². The first-order valence-corrected chi connectivity index (χ1v) is 12.1. The molecular formula is C26H24ClN5O3. The SMILES string of the molecule is COc1ccc([C@H]2C[C@H](c3ccc(Cl)cc3)Nc3nc(N4C(=O)[C@H]5CC=CC[C@H]5C4=O)nn32)cc1. The number of carbonyl (C=O) groups is 2. The average molecular weight is 490 g/mol. The van der Waals surface area contributed by atoms with E-state index >= 15 is 0 Å².